The summed E-state index contributed by atoms with van der Waals surface area (Å²) < 4.78 is 0. The molecule has 1 aliphatic rings. The molecule has 0 aliphatic carbocycles. The molecule has 1 rings (SSSR count). The molecule has 1 N–H and O–H groups in total. The molecule has 0 aromatic carbocycles. The fraction of sp³-hybridized carbons (Fsp3) is 0.200. The van der Waals surface area contributed by atoms with E-state index in [9.17, 15) is 4.79 Å². The summed E-state index contributed by atoms with van der Waals surface area (Å²) >= 11 is 12.1. The molecule has 54 valence electrons. The van der Waals surface area contributed by atoms with Gasteiger partial charge in [-0.25, -0.2) is 4.79 Å². The molecular formula is C5H2Cl2O2S. The van der Waals surface area contributed by atoms with E-state index in [2.05, 4.69) is 5.41 Å². The van der Waals surface area contributed by atoms with Gasteiger partial charge in [-0.05, 0) is 0 Å². The zero-order valence-corrected chi connectivity index (χ0v) is 6.93. The summed E-state index contributed by atoms with van der Waals surface area (Å²) in [6.45, 7) is 0. The Labute approximate surface area is 72.2 Å². The Balaban J connectivity index is 2.89. The maximum Gasteiger partial charge on any atom is 0.331 e. The lowest BCUT2D eigenvalue weighted by atomic mass is 10.2. The monoisotopic (exact) mass is 196 g/mol. The van der Waals surface area contributed by atoms with Gasteiger partial charge in [0.15, 0.2) is 4.87 Å². The number of carboxylic acids is 1. The van der Waals surface area contributed by atoms with Gasteiger partial charge in [0.25, 0.3) is 0 Å². The Morgan fingerprint density at radius 3 is 2.70 bits per heavy atom. The van der Waals surface area contributed by atoms with Crippen LogP contribution in [0.4, 0.5) is 0 Å². The number of hydrogen-bond acceptors (Lipinski definition) is 2. The van der Waals surface area contributed by atoms with Crippen molar-refractivity contribution < 1.29 is 9.90 Å². The van der Waals surface area contributed by atoms with Crippen LogP contribution in [0.15, 0.2) is 5.03 Å². The van der Waals surface area contributed by atoms with Gasteiger partial charge in [0.05, 0.1) is 10.8 Å². The first-order valence-corrected chi connectivity index (χ1v) is 3.92. The first kappa shape index (κ1) is 8.24. The summed E-state index contributed by atoms with van der Waals surface area (Å²) in [6, 6.07) is 0. The minimum absolute atomic E-state index is 0.0201. The Bertz CT molecular complexity index is 204. The maximum absolute atomic E-state index is 10.4. The van der Waals surface area contributed by atoms with E-state index in [-0.39, 0.29) is 5.03 Å². The van der Waals surface area contributed by atoms with Crippen LogP contribution in [0.2, 0.25) is 0 Å². The van der Waals surface area contributed by atoms with Crippen LogP contribution >= 0.6 is 35.0 Å². The molecule has 0 amide bonds. The molecule has 5 heteroatoms. The topological polar surface area (TPSA) is 37.3 Å². The molecule has 0 saturated carbocycles. The average Bonchev–Trinajstić information content (AvgIpc) is 2.15. The van der Waals surface area contributed by atoms with Gasteiger partial charge in [-0.3, -0.25) is 0 Å². The number of halogens is 2. The molecule has 0 aromatic rings. The Morgan fingerprint density at radius 1 is 1.90 bits per heavy atom. The van der Waals surface area contributed by atoms with Crippen molar-refractivity contribution in [1.29, 1.82) is 0 Å². The summed E-state index contributed by atoms with van der Waals surface area (Å²) in [6.07, 6.45) is 0. The standard InChI is InChI=1S/C5H2Cl2O2S/c6-3-1-10-2-5(3,7)4(8)9/h2H,(H,8,9). The van der Waals surface area contributed by atoms with E-state index in [1.165, 1.54) is 5.75 Å². The fourth-order valence-corrected chi connectivity index (χ4v) is 1.71. The summed E-state index contributed by atoms with van der Waals surface area (Å²) in [5, 5.41) is 11.1. The zero-order chi connectivity index (χ0) is 7.78. The first-order chi connectivity index (χ1) is 4.57. The number of carbonyl (C=O) groups is 1. The maximum atomic E-state index is 10.4. The zero-order valence-electron chi connectivity index (χ0n) is 4.60. The SMILES string of the molecule is O=C(O)C1(Cl)[CH]S[C]=C1Cl. The van der Waals surface area contributed by atoms with Crippen molar-refractivity contribution in [1.82, 2.24) is 0 Å². The molecule has 1 atom stereocenters. The van der Waals surface area contributed by atoms with Crippen LogP contribution in [0.5, 0.6) is 0 Å². The van der Waals surface area contributed by atoms with E-state index in [1.54, 1.807) is 0 Å². The second-order valence-electron chi connectivity index (χ2n) is 1.67. The van der Waals surface area contributed by atoms with E-state index in [0.717, 1.165) is 11.8 Å². The molecule has 1 unspecified atom stereocenters. The highest BCUT2D eigenvalue weighted by Gasteiger charge is 2.43. The molecule has 2 radical (unpaired) electrons. The molecule has 10 heavy (non-hydrogen) atoms. The fourth-order valence-electron chi connectivity index (χ4n) is 0.433. The van der Waals surface area contributed by atoms with Crippen LogP contribution < -0.4 is 0 Å². The minimum atomic E-state index is -1.55. The van der Waals surface area contributed by atoms with Crippen LogP contribution in [-0.2, 0) is 4.79 Å². The third-order valence-electron chi connectivity index (χ3n) is 1.00. The second-order valence-corrected chi connectivity index (χ2v) is 3.32. The van der Waals surface area contributed by atoms with Crippen LogP contribution in [-0.4, -0.2) is 16.0 Å². The summed E-state index contributed by atoms with van der Waals surface area (Å²) in [5.74, 6) is 0.149. The van der Waals surface area contributed by atoms with Crippen molar-refractivity contribution in [2.24, 2.45) is 0 Å². The van der Waals surface area contributed by atoms with Gasteiger partial charge in [0.1, 0.15) is 0 Å². The predicted octanol–water partition coefficient (Wildman–Crippen LogP) is 1.84. The number of carboxylic acid groups (broad SMARTS) is 1. The lowest BCUT2D eigenvalue weighted by Gasteiger charge is -2.12. The normalized spacial score (nSPS) is 32.0. The van der Waals surface area contributed by atoms with E-state index < -0.39 is 10.8 Å². The van der Waals surface area contributed by atoms with Gasteiger partial charge < -0.3 is 5.11 Å². The third-order valence-corrected chi connectivity index (χ3v) is 2.98. The first-order valence-electron chi connectivity index (χ1n) is 2.28. The summed E-state index contributed by atoms with van der Waals surface area (Å²) in [7, 11) is 0. The molecule has 0 saturated heterocycles. The lowest BCUT2D eigenvalue weighted by Crippen LogP contribution is -2.30. The van der Waals surface area contributed by atoms with E-state index in [1.807, 2.05) is 0 Å². The lowest BCUT2D eigenvalue weighted by molar-refractivity contribution is -0.137. The van der Waals surface area contributed by atoms with Gasteiger partial charge in [-0.1, -0.05) is 23.2 Å². The average molecular weight is 197 g/mol. The van der Waals surface area contributed by atoms with Crippen molar-refractivity contribution in [2.75, 3.05) is 0 Å². The molecule has 0 bridgehead atoms. The molecule has 0 fully saturated rings. The van der Waals surface area contributed by atoms with E-state index >= 15 is 0 Å². The predicted molar refractivity (Wildman–Crippen MR) is 40.7 cm³/mol. The number of aliphatic carboxylic acids is 1. The Kier molecular flexibility index (Phi) is 2.18. The summed E-state index contributed by atoms with van der Waals surface area (Å²) in [4.78, 5) is 8.86. The van der Waals surface area contributed by atoms with Crippen molar-refractivity contribution in [2.45, 2.75) is 4.87 Å². The highest BCUT2D eigenvalue weighted by atomic mass is 35.5. The minimum Gasteiger partial charge on any atom is -0.480 e. The molecule has 0 aromatic heterocycles. The second kappa shape index (κ2) is 2.64. The van der Waals surface area contributed by atoms with Gasteiger partial charge in [0.2, 0.25) is 0 Å². The largest absolute Gasteiger partial charge is 0.480 e. The van der Waals surface area contributed by atoms with E-state index in [0.29, 0.717) is 0 Å². The van der Waals surface area contributed by atoms with Crippen molar-refractivity contribution in [3.05, 3.63) is 16.2 Å². The number of alkyl halides is 1. The van der Waals surface area contributed by atoms with Crippen molar-refractivity contribution >= 4 is 40.9 Å². The smallest absolute Gasteiger partial charge is 0.331 e. The van der Waals surface area contributed by atoms with Crippen LogP contribution in [0.1, 0.15) is 0 Å². The van der Waals surface area contributed by atoms with Gasteiger partial charge in [-0.2, -0.15) is 0 Å². The molecule has 2 nitrogen and oxygen atoms in total. The number of hydrogen-bond donors (Lipinski definition) is 1. The van der Waals surface area contributed by atoms with Gasteiger partial charge in [-0.15, -0.1) is 11.8 Å². The molecule has 1 aliphatic heterocycles. The van der Waals surface area contributed by atoms with Crippen LogP contribution in [0.25, 0.3) is 0 Å². The summed E-state index contributed by atoms with van der Waals surface area (Å²) in [5.41, 5.74) is 0. The van der Waals surface area contributed by atoms with Crippen molar-refractivity contribution in [3.8, 4) is 0 Å². The third kappa shape index (κ3) is 1.13. The van der Waals surface area contributed by atoms with Gasteiger partial charge >= 0.3 is 5.97 Å². The molecular weight excluding hydrogens is 195 g/mol. The highest BCUT2D eigenvalue weighted by molar-refractivity contribution is 8.03. The molecule has 0 spiro atoms. The quantitative estimate of drug-likeness (QED) is 0.651. The highest BCUT2D eigenvalue weighted by Crippen LogP contribution is 2.42. The Morgan fingerprint density at radius 2 is 2.50 bits per heavy atom. The number of rotatable bonds is 1. The van der Waals surface area contributed by atoms with Gasteiger partial charge in [0, 0.05) is 5.41 Å². The van der Waals surface area contributed by atoms with Crippen LogP contribution in [0.3, 0.4) is 0 Å². The van der Waals surface area contributed by atoms with Crippen LogP contribution in [0, 0.1) is 11.2 Å². The Hall–Kier alpha value is 0.140. The molecule has 1 heterocycles. The van der Waals surface area contributed by atoms with E-state index in [4.69, 9.17) is 28.3 Å². The van der Waals surface area contributed by atoms with Crippen molar-refractivity contribution in [3.63, 3.8) is 0 Å². The number of thioether (sulfide) groups is 1.